The zero-order valence-electron chi connectivity index (χ0n) is 17.8. The van der Waals surface area contributed by atoms with Crippen molar-refractivity contribution >= 4 is 23.2 Å². The summed E-state index contributed by atoms with van der Waals surface area (Å²) >= 11 is 1.53. The summed E-state index contributed by atoms with van der Waals surface area (Å²) in [7, 11) is 0. The number of carbonyl (C=O) groups excluding carboxylic acids is 2. The molecular formula is C22H25FN6O2S. The predicted octanol–water partition coefficient (Wildman–Crippen LogP) is 3.02. The van der Waals surface area contributed by atoms with E-state index in [0.717, 1.165) is 30.6 Å². The van der Waals surface area contributed by atoms with Crippen molar-refractivity contribution in [2.24, 2.45) is 0 Å². The van der Waals surface area contributed by atoms with E-state index in [-0.39, 0.29) is 30.2 Å². The number of thiophene rings is 1. The lowest BCUT2D eigenvalue weighted by atomic mass is 10.2. The van der Waals surface area contributed by atoms with Crippen LogP contribution >= 0.6 is 11.3 Å². The minimum absolute atomic E-state index is 0.152. The highest BCUT2D eigenvalue weighted by Gasteiger charge is 2.29. The number of amides is 2. The smallest absolute Gasteiger partial charge is 0.247 e. The summed E-state index contributed by atoms with van der Waals surface area (Å²) in [6.07, 6.45) is 4.19. The second-order valence-electron chi connectivity index (χ2n) is 7.92. The van der Waals surface area contributed by atoms with Gasteiger partial charge in [-0.15, -0.1) is 21.5 Å². The van der Waals surface area contributed by atoms with E-state index in [9.17, 15) is 14.0 Å². The van der Waals surface area contributed by atoms with Crippen LogP contribution in [-0.4, -0.2) is 49.0 Å². The van der Waals surface area contributed by atoms with Gasteiger partial charge in [-0.05, 0) is 60.7 Å². The molecule has 32 heavy (non-hydrogen) atoms. The molecule has 168 valence electrons. The summed E-state index contributed by atoms with van der Waals surface area (Å²) in [5.41, 5.74) is 0.602. The van der Waals surface area contributed by atoms with Crippen molar-refractivity contribution in [3.63, 3.8) is 0 Å². The standard InChI is InChI=1S/C22H25FN6O2S/c1-15(22(31)24-18-5-2-3-6-18)28(13-19-7-4-12-32-19)20(30)14-29-26-21(25-27-29)16-8-10-17(23)11-9-16/h4,7-12,15,18H,2-3,5-6,13-14H2,1H3,(H,24,31)/t15-/m0/s1. The van der Waals surface area contributed by atoms with E-state index in [1.54, 1.807) is 24.0 Å². The summed E-state index contributed by atoms with van der Waals surface area (Å²) in [5.74, 6) is -0.490. The van der Waals surface area contributed by atoms with Gasteiger partial charge in [0.2, 0.25) is 17.6 Å². The third-order valence-corrected chi connectivity index (χ3v) is 6.47. The number of nitrogens with zero attached hydrogens (tertiary/aromatic N) is 5. The number of hydrogen-bond acceptors (Lipinski definition) is 6. The van der Waals surface area contributed by atoms with Crippen LogP contribution in [0.3, 0.4) is 0 Å². The molecule has 3 aromatic rings. The van der Waals surface area contributed by atoms with E-state index in [0.29, 0.717) is 17.9 Å². The van der Waals surface area contributed by atoms with Crippen LogP contribution in [0.15, 0.2) is 41.8 Å². The molecule has 1 saturated carbocycles. The van der Waals surface area contributed by atoms with Crippen LogP contribution in [0.4, 0.5) is 4.39 Å². The van der Waals surface area contributed by atoms with Crippen molar-refractivity contribution in [1.82, 2.24) is 30.4 Å². The Bertz CT molecular complexity index is 1050. The van der Waals surface area contributed by atoms with Crippen molar-refractivity contribution in [3.8, 4) is 11.4 Å². The lowest BCUT2D eigenvalue weighted by Gasteiger charge is -2.29. The molecule has 0 saturated heterocycles. The molecule has 2 amide bonds. The molecular weight excluding hydrogens is 431 g/mol. The molecule has 0 radical (unpaired) electrons. The highest BCUT2D eigenvalue weighted by molar-refractivity contribution is 7.09. The van der Waals surface area contributed by atoms with Crippen molar-refractivity contribution in [1.29, 1.82) is 0 Å². The van der Waals surface area contributed by atoms with E-state index in [2.05, 4.69) is 20.7 Å². The van der Waals surface area contributed by atoms with E-state index in [1.807, 2.05) is 17.5 Å². The quantitative estimate of drug-likeness (QED) is 0.563. The van der Waals surface area contributed by atoms with Crippen LogP contribution in [0.1, 0.15) is 37.5 Å². The topological polar surface area (TPSA) is 93.0 Å². The zero-order valence-corrected chi connectivity index (χ0v) is 18.6. The Hall–Kier alpha value is -3.14. The van der Waals surface area contributed by atoms with E-state index < -0.39 is 6.04 Å². The molecule has 1 aliphatic carbocycles. The monoisotopic (exact) mass is 456 g/mol. The number of tetrazole rings is 1. The van der Waals surface area contributed by atoms with Gasteiger partial charge in [-0.3, -0.25) is 9.59 Å². The molecule has 0 bridgehead atoms. The normalized spacial score (nSPS) is 14.9. The summed E-state index contributed by atoms with van der Waals surface area (Å²) < 4.78 is 13.1. The molecule has 2 heterocycles. The first kappa shape index (κ1) is 22.1. The molecule has 1 aliphatic rings. The lowest BCUT2D eigenvalue weighted by molar-refractivity contribution is -0.141. The minimum atomic E-state index is -0.634. The molecule has 1 aromatic carbocycles. The maximum atomic E-state index is 13.2. The molecule has 1 atom stereocenters. The highest BCUT2D eigenvalue weighted by atomic mass is 32.1. The van der Waals surface area contributed by atoms with Crippen LogP contribution in [0, 0.1) is 5.82 Å². The van der Waals surface area contributed by atoms with Gasteiger partial charge in [0.25, 0.3) is 0 Å². The number of nitrogens with one attached hydrogen (secondary N) is 1. The maximum absolute atomic E-state index is 13.2. The van der Waals surface area contributed by atoms with Gasteiger partial charge in [-0.1, -0.05) is 18.9 Å². The first-order chi connectivity index (χ1) is 15.5. The Morgan fingerprint density at radius 1 is 1.25 bits per heavy atom. The fourth-order valence-corrected chi connectivity index (χ4v) is 4.48. The van der Waals surface area contributed by atoms with Gasteiger partial charge in [0.15, 0.2) is 0 Å². The number of halogens is 1. The molecule has 1 fully saturated rings. The van der Waals surface area contributed by atoms with Gasteiger partial charge < -0.3 is 10.2 Å². The first-order valence-electron chi connectivity index (χ1n) is 10.7. The largest absolute Gasteiger partial charge is 0.352 e. The molecule has 2 aromatic heterocycles. The summed E-state index contributed by atoms with van der Waals surface area (Å²) in [6.45, 7) is 1.92. The molecule has 10 heteroatoms. The Kier molecular flexibility index (Phi) is 6.89. The van der Waals surface area contributed by atoms with Crippen molar-refractivity contribution in [3.05, 3.63) is 52.5 Å². The average Bonchev–Trinajstić information content (AvgIpc) is 3.55. The van der Waals surface area contributed by atoms with E-state index in [4.69, 9.17) is 0 Å². The number of aromatic nitrogens is 4. The van der Waals surface area contributed by atoms with Gasteiger partial charge >= 0.3 is 0 Å². The molecule has 4 rings (SSSR count). The SMILES string of the molecule is C[C@@H](C(=O)NC1CCCC1)N(Cc1cccs1)C(=O)Cn1nnc(-c2ccc(F)cc2)n1. The number of benzene rings is 1. The summed E-state index contributed by atoms with van der Waals surface area (Å²) in [5, 5.41) is 17.2. The van der Waals surface area contributed by atoms with Crippen LogP contribution in [0.2, 0.25) is 0 Å². The van der Waals surface area contributed by atoms with Crippen LogP contribution in [0.5, 0.6) is 0 Å². The van der Waals surface area contributed by atoms with E-state index in [1.165, 1.54) is 28.3 Å². The molecule has 8 nitrogen and oxygen atoms in total. The average molecular weight is 457 g/mol. The molecule has 1 N–H and O–H groups in total. The van der Waals surface area contributed by atoms with Crippen LogP contribution in [0.25, 0.3) is 11.4 Å². The van der Waals surface area contributed by atoms with Gasteiger partial charge in [-0.25, -0.2) is 4.39 Å². The van der Waals surface area contributed by atoms with Crippen molar-refractivity contribution in [2.45, 2.75) is 57.8 Å². The van der Waals surface area contributed by atoms with Crippen molar-refractivity contribution < 1.29 is 14.0 Å². The van der Waals surface area contributed by atoms with Crippen LogP contribution in [-0.2, 0) is 22.7 Å². The second-order valence-corrected chi connectivity index (χ2v) is 8.95. The zero-order chi connectivity index (χ0) is 22.5. The van der Waals surface area contributed by atoms with E-state index >= 15 is 0 Å². The molecule has 0 unspecified atom stereocenters. The number of carbonyl (C=O) groups is 2. The third-order valence-electron chi connectivity index (χ3n) is 5.61. The highest BCUT2D eigenvalue weighted by Crippen LogP contribution is 2.19. The molecule has 0 spiro atoms. The second kappa shape index (κ2) is 9.99. The Balaban J connectivity index is 1.47. The van der Waals surface area contributed by atoms with Gasteiger partial charge in [0, 0.05) is 16.5 Å². The lowest BCUT2D eigenvalue weighted by Crippen LogP contribution is -2.50. The fourth-order valence-electron chi connectivity index (χ4n) is 3.78. The first-order valence-corrected chi connectivity index (χ1v) is 11.5. The minimum Gasteiger partial charge on any atom is -0.352 e. The predicted molar refractivity (Wildman–Crippen MR) is 118 cm³/mol. The van der Waals surface area contributed by atoms with Crippen molar-refractivity contribution in [2.75, 3.05) is 0 Å². The third kappa shape index (κ3) is 5.37. The summed E-state index contributed by atoms with van der Waals surface area (Å²) in [4.78, 5) is 29.8. The Labute approximate surface area is 189 Å². The van der Waals surface area contributed by atoms with Crippen LogP contribution < -0.4 is 5.32 Å². The number of hydrogen-bond donors (Lipinski definition) is 1. The van der Waals surface area contributed by atoms with Gasteiger partial charge in [0.1, 0.15) is 18.4 Å². The van der Waals surface area contributed by atoms with Gasteiger partial charge in [0.05, 0.1) is 6.54 Å². The van der Waals surface area contributed by atoms with Gasteiger partial charge in [-0.2, -0.15) is 4.80 Å². The molecule has 0 aliphatic heterocycles. The number of rotatable bonds is 8. The fraction of sp³-hybridized carbons (Fsp3) is 0.409. The Morgan fingerprint density at radius 3 is 2.69 bits per heavy atom. The summed E-state index contributed by atoms with van der Waals surface area (Å²) in [6, 6.07) is 9.13. The maximum Gasteiger partial charge on any atom is 0.247 e. The Morgan fingerprint density at radius 2 is 2.00 bits per heavy atom.